The van der Waals surface area contributed by atoms with Crippen LogP contribution in [0.2, 0.25) is 5.02 Å². The Balaban J connectivity index is 2.26. The summed E-state index contributed by atoms with van der Waals surface area (Å²) in [6, 6.07) is 5.18. The Bertz CT molecular complexity index is 474. The number of β-amino-alcohol motifs (C(OH)–C–C–N with tert-alkyl or cyclic N) is 1. The molecular formula is C13H17ClN2O2. The summed E-state index contributed by atoms with van der Waals surface area (Å²) < 4.78 is 0. The van der Waals surface area contributed by atoms with E-state index in [9.17, 15) is 9.90 Å². The van der Waals surface area contributed by atoms with Gasteiger partial charge in [-0.25, -0.2) is 0 Å². The highest BCUT2D eigenvalue weighted by Gasteiger charge is 2.34. The van der Waals surface area contributed by atoms with Crippen molar-refractivity contribution in [2.45, 2.75) is 18.9 Å². The highest BCUT2D eigenvalue weighted by atomic mass is 35.5. The molecule has 1 aliphatic heterocycles. The van der Waals surface area contributed by atoms with Crippen molar-refractivity contribution in [3.05, 3.63) is 28.8 Å². The van der Waals surface area contributed by atoms with Gasteiger partial charge in [0.05, 0.1) is 11.2 Å². The second-order valence-corrected chi connectivity index (χ2v) is 5.35. The first-order valence-corrected chi connectivity index (χ1v) is 6.30. The molecule has 0 radical (unpaired) electrons. The number of likely N-dealkylation sites (tertiary alicyclic amines) is 1. The molecule has 0 bridgehead atoms. The Morgan fingerprint density at radius 1 is 1.56 bits per heavy atom. The van der Waals surface area contributed by atoms with Crippen LogP contribution in [-0.2, 0) is 0 Å². The van der Waals surface area contributed by atoms with Gasteiger partial charge in [0.1, 0.15) is 0 Å². The van der Waals surface area contributed by atoms with Gasteiger partial charge in [0.15, 0.2) is 0 Å². The first-order valence-electron chi connectivity index (χ1n) is 5.92. The van der Waals surface area contributed by atoms with E-state index in [0.717, 1.165) is 5.69 Å². The monoisotopic (exact) mass is 268 g/mol. The molecule has 1 amide bonds. The van der Waals surface area contributed by atoms with Crippen molar-refractivity contribution in [2.24, 2.45) is 0 Å². The van der Waals surface area contributed by atoms with Gasteiger partial charge < -0.3 is 15.3 Å². The fourth-order valence-electron chi connectivity index (χ4n) is 2.20. The van der Waals surface area contributed by atoms with Crippen molar-refractivity contribution in [2.75, 3.05) is 25.5 Å². The third-order valence-corrected chi connectivity index (χ3v) is 3.46. The third-order valence-electron chi connectivity index (χ3n) is 3.22. The number of carbonyl (C=O) groups is 1. The van der Waals surface area contributed by atoms with Crippen LogP contribution in [0.4, 0.5) is 5.69 Å². The smallest absolute Gasteiger partial charge is 0.256 e. The van der Waals surface area contributed by atoms with Crippen molar-refractivity contribution in [3.8, 4) is 0 Å². The number of nitrogens with one attached hydrogen (secondary N) is 1. The van der Waals surface area contributed by atoms with Gasteiger partial charge in [-0.1, -0.05) is 11.6 Å². The van der Waals surface area contributed by atoms with Gasteiger partial charge in [-0.05, 0) is 31.5 Å². The Hall–Kier alpha value is -1.26. The zero-order valence-corrected chi connectivity index (χ0v) is 11.3. The highest BCUT2D eigenvalue weighted by molar-refractivity contribution is 6.31. The zero-order valence-electron chi connectivity index (χ0n) is 10.5. The van der Waals surface area contributed by atoms with Crippen LogP contribution in [0.5, 0.6) is 0 Å². The maximum atomic E-state index is 12.4. The molecule has 1 heterocycles. The molecular weight excluding hydrogens is 252 g/mol. The van der Waals surface area contributed by atoms with E-state index < -0.39 is 5.60 Å². The Kier molecular flexibility index (Phi) is 3.50. The van der Waals surface area contributed by atoms with E-state index in [-0.39, 0.29) is 5.91 Å². The van der Waals surface area contributed by atoms with Gasteiger partial charge >= 0.3 is 0 Å². The standard InChI is InChI=1S/C13H17ClN2O2/c1-13(18)5-6-16(8-13)12(17)10-7-9(14)3-4-11(10)15-2/h3-4,7,15,18H,5-6,8H2,1-2H3. The number of rotatable bonds is 2. The van der Waals surface area contributed by atoms with Crippen molar-refractivity contribution in [1.29, 1.82) is 0 Å². The predicted molar refractivity (Wildman–Crippen MR) is 72.1 cm³/mol. The summed E-state index contributed by atoms with van der Waals surface area (Å²) in [6.45, 7) is 2.68. The van der Waals surface area contributed by atoms with E-state index in [1.165, 1.54) is 0 Å². The lowest BCUT2D eigenvalue weighted by molar-refractivity contribution is 0.0572. The maximum Gasteiger partial charge on any atom is 0.256 e. The molecule has 98 valence electrons. The van der Waals surface area contributed by atoms with Crippen LogP contribution in [0, 0.1) is 0 Å². The van der Waals surface area contributed by atoms with Crippen LogP contribution in [0.15, 0.2) is 18.2 Å². The zero-order chi connectivity index (χ0) is 13.3. The Morgan fingerprint density at radius 2 is 2.28 bits per heavy atom. The van der Waals surface area contributed by atoms with E-state index >= 15 is 0 Å². The molecule has 1 fully saturated rings. The maximum absolute atomic E-state index is 12.4. The summed E-state index contributed by atoms with van der Waals surface area (Å²) in [6.07, 6.45) is 0.605. The van der Waals surface area contributed by atoms with Crippen LogP contribution in [-0.4, -0.2) is 41.7 Å². The SMILES string of the molecule is CNc1ccc(Cl)cc1C(=O)N1CCC(C)(O)C1. The van der Waals surface area contributed by atoms with Crippen molar-refractivity contribution < 1.29 is 9.90 Å². The fourth-order valence-corrected chi connectivity index (χ4v) is 2.37. The lowest BCUT2D eigenvalue weighted by Gasteiger charge is -2.20. The van der Waals surface area contributed by atoms with Crippen molar-refractivity contribution in [3.63, 3.8) is 0 Å². The minimum atomic E-state index is -0.784. The predicted octanol–water partition coefficient (Wildman–Crippen LogP) is 1.98. The van der Waals surface area contributed by atoms with Crippen LogP contribution in [0.3, 0.4) is 0 Å². The molecule has 0 aromatic heterocycles. The quantitative estimate of drug-likeness (QED) is 0.862. The summed E-state index contributed by atoms with van der Waals surface area (Å²) in [5.74, 6) is -0.0976. The van der Waals surface area contributed by atoms with Crippen LogP contribution in [0.25, 0.3) is 0 Å². The summed E-state index contributed by atoms with van der Waals surface area (Å²) in [5.41, 5.74) is 0.507. The molecule has 0 spiro atoms. The molecule has 1 atom stereocenters. The summed E-state index contributed by atoms with van der Waals surface area (Å²) in [5, 5.41) is 13.4. The molecule has 0 aliphatic carbocycles. The Morgan fingerprint density at radius 3 is 2.83 bits per heavy atom. The number of nitrogens with zero attached hydrogens (tertiary/aromatic N) is 1. The number of aliphatic hydroxyl groups is 1. The van der Waals surface area contributed by atoms with E-state index in [4.69, 9.17) is 11.6 Å². The minimum absolute atomic E-state index is 0.0976. The molecule has 0 saturated carbocycles. The number of benzene rings is 1. The number of hydrogen-bond donors (Lipinski definition) is 2. The summed E-state index contributed by atoms with van der Waals surface area (Å²) >= 11 is 5.93. The molecule has 1 aromatic carbocycles. The first kappa shape index (κ1) is 13.2. The van der Waals surface area contributed by atoms with Crippen molar-refractivity contribution >= 4 is 23.2 Å². The molecule has 2 N–H and O–H groups in total. The number of hydrogen-bond acceptors (Lipinski definition) is 3. The topological polar surface area (TPSA) is 52.6 Å². The largest absolute Gasteiger partial charge is 0.388 e. The van der Waals surface area contributed by atoms with Crippen LogP contribution < -0.4 is 5.32 Å². The van der Waals surface area contributed by atoms with Gasteiger partial charge in [0.2, 0.25) is 0 Å². The number of amides is 1. The number of halogens is 1. The second kappa shape index (κ2) is 4.78. The molecule has 4 nitrogen and oxygen atoms in total. The van der Waals surface area contributed by atoms with E-state index in [1.807, 2.05) is 0 Å². The summed E-state index contributed by atoms with van der Waals surface area (Å²) in [7, 11) is 1.76. The van der Waals surface area contributed by atoms with Gasteiger partial charge in [-0.3, -0.25) is 4.79 Å². The normalized spacial score (nSPS) is 23.2. The van der Waals surface area contributed by atoms with E-state index in [2.05, 4.69) is 5.32 Å². The van der Waals surface area contributed by atoms with Crippen LogP contribution >= 0.6 is 11.6 Å². The molecule has 1 saturated heterocycles. The average Bonchev–Trinajstić information content (AvgIpc) is 2.68. The number of anilines is 1. The molecule has 2 rings (SSSR count). The summed E-state index contributed by atoms with van der Waals surface area (Å²) in [4.78, 5) is 14.0. The third kappa shape index (κ3) is 2.60. The van der Waals surface area contributed by atoms with E-state index in [1.54, 1.807) is 37.1 Å². The van der Waals surface area contributed by atoms with E-state index in [0.29, 0.717) is 30.1 Å². The fraction of sp³-hybridized carbons (Fsp3) is 0.462. The number of carbonyl (C=O) groups excluding carboxylic acids is 1. The van der Waals surface area contributed by atoms with Crippen LogP contribution in [0.1, 0.15) is 23.7 Å². The van der Waals surface area contributed by atoms with Gasteiger partial charge in [0.25, 0.3) is 5.91 Å². The first-order chi connectivity index (χ1) is 8.43. The minimum Gasteiger partial charge on any atom is -0.388 e. The van der Waals surface area contributed by atoms with Gasteiger partial charge in [0, 0.05) is 30.8 Å². The molecule has 5 heteroatoms. The lowest BCUT2D eigenvalue weighted by atomic mass is 10.1. The lowest BCUT2D eigenvalue weighted by Crippen LogP contribution is -2.34. The Labute approximate surface area is 112 Å². The molecule has 1 aliphatic rings. The molecule has 1 unspecified atom stereocenters. The molecule has 1 aromatic rings. The van der Waals surface area contributed by atoms with Gasteiger partial charge in [-0.2, -0.15) is 0 Å². The molecule has 18 heavy (non-hydrogen) atoms. The van der Waals surface area contributed by atoms with Crippen molar-refractivity contribution in [1.82, 2.24) is 4.90 Å². The average molecular weight is 269 g/mol. The van der Waals surface area contributed by atoms with Gasteiger partial charge in [-0.15, -0.1) is 0 Å². The second-order valence-electron chi connectivity index (χ2n) is 4.91. The highest BCUT2D eigenvalue weighted by Crippen LogP contribution is 2.26.